The number of hydrogen-bond donors (Lipinski definition) is 2. The standard InChI is InChI=1S/C17H17NO4S/c1-2-22-17(21)12-4-6-13(7-5-12)23-15-8-3-11(9-14(15)18)10-16(19)20/h3-9H,2,10,18H2,1H3,(H,19,20). The van der Waals surface area contributed by atoms with Crippen LogP contribution in [0.25, 0.3) is 0 Å². The average molecular weight is 331 g/mol. The first-order valence-corrected chi connectivity index (χ1v) is 7.86. The highest BCUT2D eigenvalue weighted by molar-refractivity contribution is 7.99. The van der Waals surface area contributed by atoms with Crippen LogP contribution in [-0.2, 0) is 16.0 Å². The molecular weight excluding hydrogens is 314 g/mol. The van der Waals surface area contributed by atoms with Crippen LogP contribution in [-0.4, -0.2) is 23.7 Å². The van der Waals surface area contributed by atoms with Crippen LogP contribution < -0.4 is 5.73 Å². The zero-order valence-corrected chi connectivity index (χ0v) is 13.4. The molecule has 2 aromatic carbocycles. The number of carboxylic acid groups (broad SMARTS) is 1. The van der Waals surface area contributed by atoms with Crippen LogP contribution >= 0.6 is 11.8 Å². The summed E-state index contributed by atoms with van der Waals surface area (Å²) in [4.78, 5) is 24.1. The lowest BCUT2D eigenvalue weighted by Crippen LogP contribution is -2.04. The Morgan fingerprint density at radius 2 is 1.87 bits per heavy atom. The van der Waals surface area contributed by atoms with Crippen molar-refractivity contribution < 1.29 is 19.4 Å². The Bertz CT molecular complexity index is 713. The number of benzene rings is 2. The summed E-state index contributed by atoms with van der Waals surface area (Å²) in [5.41, 5.74) is 7.67. The summed E-state index contributed by atoms with van der Waals surface area (Å²) in [7, 11) is 0. The molecule has 120 valence electrons. The van der Waals surface area contributed by atoms with E-state index in [-0.39, 0.29) is 12.4 Å². The Labute approximate surface area is 138 Å². The molecule has 0 radical (unpaired) electrons. The number of nitrogen functional groups attached to an aromatic ring is 1. The van der Waals surface area contributed by atoms with E-state index in [1.165, 1.54) is 11.8 Å². The normalized spacial score (nSPS) is 10.3. The number of carboxylic acids is 1. The lowest BCUT2D eigenvalue weighted by Gasteiger charge is -2.08. The van der Waals surface area contributed by atoms with E-state index in [1.54, 1.807) is 37.3 Å². The summed E-state index contributed by atoms with van der Waals surface area (Å²) in [6.07, 6.45) is -0.0522. The van der Waals surface area contributed by atoms with Gasteiger partial charge in [-0.15, -0.1) is 0 Å². The Morgan fingerprint density at radius 3 is 2.43 bits per heavy atom. The molecule has 0 fully saturated rings. The van der Waals surface area contributed by atoms with Crippen LogP contribution in [0.15, 0.2) is 52.3 Å². The van der Waals surface area contributed by atoms with Crippen molar-refractivity contribution in [1.29, 1.82) is 0 Å². The topological polar surface area (TPSA) is 89.6 Å². The first-order valence-electron chi connectivity index (χ1n) is 7.05. The average Bonchev–Trinajstić information content (AvgIpc) is 2.50. The van der Waals surface area contributed by atoms with Crippen LogP contribution in [0.2, 0.25) is 0 Å². The highest BCUT2D eigenvalue weighted by Crippen LogP contribution is 2.32. The number of anilines is 1. The molecule has 0 aliphatic rings. The second-order valence-corrected chi connectivity index (χ2v) is 5.90. The van der Waals surface area contributed by atoms with Gasteiger partial charge in [0.1, 0.15) is 0 Å². The maximum Gasteiger partial charge on any atom is 0.338 e. The van der Waals surface area contributed by atoms with Gasteiger partial charge in [-0.1, -0.05) is 17.8 Å². The third-order valence-corrected chi connectivity index (χ3v) is 4.12. The van der Waals surface area contributed by atoms with E-state index in [4.69, 9.17) is 15.6 Å². The second-order valence-electron chi connectivity index (χ2n) is 4.79. The van der Waals surface area contributed by atoms with E-state index >= 15 is 0 Å². The highest BCUT2D eigenvalue weighted by Gasteiger charge is 2.08. The van der Waals surface area contributed by atoms with Gasteiger partial charge in [-0.2, -0.15) is 0 Å². The van der Waals surface area contributed by atoms with Gasteiger partial charge in [0.05, 0.1) is 18.6 Å². The molecule has 0 atom stereocenters. The first kappa shape index (κ1) is 16.9. The number of nitrogens with two attached hydrogens (primary N) is 1. The van der Waals surface area contributed by atoms with Crippen molar-refractivity contribution in [2.75, 3.05) is 12.3 Å². The number of rotatable bonds is 6. The van der Waals surface area contributed by atoms with Crippen molar-refractivity contribution >= 4 is 29.4 Å². The predicted octanol–water partition coefficient (Wildman–Crippen LogP) is 3.22. The Hall–Kier alpha value is -2.47. The van der Waals surface area contributed by atoms with Gasteiger partial charge in [0, 0.05) is 15.5 Å². The molecule has 0 amide bonds. The fraction of sp³-hybridized carbons (Fsp3) is 0.176. The van der Waals surface area contributed by atoms with Gasteiger partial charge in [-0.3, -0.25) is 4.79 Å². The Morgan fingerprint density at radius 1 is 1.17 bits per heavy atom. The van der Waals surface area contributed by atoms with Crippen LogP contribution in [0.5, 0.6) is 0 Å². The number of ether oxygens (including phenoxy) is 1. The lowest BCUT2D eigenvalue weighted by molar-refractivity contribution is -0.136. The van der Waals surface area contributed by atoms with Crippen molar-refractivity contribution in [2.45, 2.75) is 23.1 Å². The molecule has 5 nitrogen and oxygen atoms in total. The molecule has 0 aliphatic heterocycles. The predicted molar refractivity (Wildman–Crippen MR) is 88.7 cm³/mol. The second kappa shape index (κ2) is 7.69. The summed E-state index contributed by atoms with van der Waals surface area (Å²) in [6, 6.07) is 12.3. The van der Waals surface area contributed by atoms with Crippen molar-refractivity contribution in [1.82, 2.24) is 0 Å². The zero-order chi connectivity index (χ0) is 16.8. The summed E-state index contributed by atoms with van der Waals surface area (Å²) in [5, 5.41) is 8.79. The van der Waals surface area contributed by atoms with E-state index in [9.17, 15) is 9.59 Å². The van der Waals surface area contributed by atoms with Crippen LogP contribution in [0, 0.1) is 0 Å². The molecule has 6 heteroatoms. The molecule has 0 bridgehead atoms. The smallest absolute Gasteiger partial charge is 0.338 e. The van der Waals surface area contributed by atoms with E-state index in [2.05, 4.69) is 0 Å². The quantitative estimate of drug-likeness (QED) is 0.624. The summed E-state index contributed by atoms with van der Waals surface area (Å²) in [5.74, 6) is -1.24. The third kappa shape index (κ3) is 4.75. The van der Waals surface area contributed by atoms with Gasteiger partial charge in [-0.25, -0.2) is 4.79 Å². The van der Waals surface area contributed by atoms with Gasteiger partial charge in [0.25, 0.3) is 0 Å². The fourth-order valence-electron chi connectivity index (χ4n) is 1.98. The minimum Gasteiger partial charge on any atom is -0.481 e. The van der Waals surface area contributed by atoms with Gasteiger partial charge in [0.15, 0.2) is 0 Å². The number of carbonyl (C=O) groups is 2. The third-order valence-electron chi connectivity index (χ3n) is 3.02. The minimum atomic E-state index is -0.889. The maximum atomic E-state index is 11.6. The number of aliphatic carboxylic acids is 1. The Kier molecular flexibility index (Phi) is 5.65. The fourth-order valence-corrected chi connectivity index (χ4v) is 2.81. The van der Waals surface area contributed by atoms with Crippen LogP contribution in [0.1, 0.15) is 22.8 Å². The molecule has 0 saturated heterocycles. The van der Waals surface area contributed by atoms with Crippen LogP contribution in [0.4, 0.5) is 5.69 Å². The summed E-state index contributed by atoms with van der Waals surface area (Å²) < 4.78 is 4.94. The van der Waals surface area contributed by atoms with Crippen LogP contribution in [0.3, 0.4) is 0 Å². The van der Waals surface area contributed by atoms with E-state index in [1.807, 2.05) is 12.1 Å². The number of carbonyl (C=O) groups excluding carboxylic acids is 1. The monoisotopic (exact) mass is 331 g/mol. The summed E-state index contributed by atoms with van der Waals surface area (Å²) >= 11 is 1.45. The van der Waals surface area contributed by atoms with E-state index in [0.717, 1.165) is 9.79 Å². The lowest BCUT2D eigenvalue weighted by atomic mass is 10.1. The van der Waals surface area contributed by atoms with Gasteiger partial charge < -0.3 is 15.6 Å². The molecule has 23 heavy (non-hydrogen) atoms. The largest absolute Gasteiger partial charge is 0.481 e. The highest BCUT2D eigenvalue weighted by atomic mass is 32.2. The molecule has 0 heterocycles. The van der Waals surface area contributed by atoms with Gasteiger partial charge >= 0.3 is 11.9 Å². The number of esters is 1. The van der Waals surface area contributed by atoms with Crippen molar-refractivity contribution in [3.8, 4) is 0 Å². The molecule has 2 aromatic rings. The van der Waals surface area contributed by atoms with E-state index < -0.39 is 5.97 Å². The molecule has 0 aliphatic carbocycles. The van der Waals surface area contributed by atoms with Gasteiger partial charge in [-0.05, 0) is 48.9 Å². The van der Waals surface area contributed by atoms with Crippen molar-refractivity contribution in [3.05, 3.63) is 53.6 Å². The Balaban J connectivity index is 2.10. The minimum absolute atomic E-state index is 0.0522. The van der Waals surface area contributed by atoms with E-state index in [0.29, 0.717) is 23.4 Å². The molecule has 3 N–H and O–H groups in total. The SMILES string of the molecule is CCOC(=O)c1ccc(Sc2ccc(CC(=O)O)cc2N)cc1. The zero-order valence-electron chi connectivity index (χ0n) is 12.6. The van der Waals surface area contributed by atoms with Crippen molar-refractivity contribution in [3.63, 3.8) is 0 Å². The molecule has 0 aromatic heterocycles. The summed E-state index contributed by atoms with van der Waals surface area (Å²) in [6.45, 7) is 2.10. The molecule has 0 spiro atoms. The number of hydrogen-bond acceptors (Lipinski definition) is 5. The van der Waals surface area contributed by atoms with Crippen molar-refractivity contribution in [2.24, 2.45) is 0 Å². The van der Waals surface area contributed by atoms with Gasteiger partial charge in [0.2, 0.25) is 0 Å². The molecular formula is C17H17NO4S. The molecule has 0 unspecified atom stereocenters. The molecule has 2 rings (SSSR count). The maximum absolute atomic E-state index is 11.6. The first-order chi connectivity index (χ1) is 11.0. The molecule has 0 saturated carbocycles.